The van der Waals surface area contributed by atoms with E-state index in [1.165, 1.54) is 24.3 Å². The van der Waals surface area contributed by atoms with Crippen molar-refractivity contribution in [2.75, 3.05) is 12.4 Å². The number of rotatable bonds is 8. The number of aromatic nitrogens is 1. The summed E-state index contributed by atoms with van der Waals surface area (Å²) < 4.78 is 49.8. The van der Waals surface area contributed by atoms with Crippen LogP contribution in [0.25, 0.3) is 5.70 Å². The van der Waals surface area contributed by atoms with Gasteiger partial charge in [0, 0.05) is 23.0 Å². The third-order valence-corrected chi connectivity index (χ3v) is 5.59. The van der Waals surface area contributed by atoms with E-state index >= 15 is 0 Å². The lowest BCUT2D eigenvalue weighted by atomic mass is 10.1. The Balaban J connectivity index is 1.81. The monoisotopic (exact) mass is 517 g/mol. The fraction of sp³-hybridized carbons (Fsp3) is 0.192. The van der Waals surface area contributed by atoms with Crippen LogP contribution in [0.1, 0.15) is 32.7 Å². The van der Waals surface area contributed by atoms with Gasteiger partial charge in [-0.05, 0) is 49.8 Å². The summed E-state index contributed by atoms with van der Waals surface area (Å²) in [5.74, 6) is 0.0325. The number of benzene rings is 2. The molecule has 3 aromatic rings. The van der Waals surface area contributed by atoms with Gasteiger partial charge in [0.15, 0.2) is 0 Å². The van der Waals surface area contributed by atoms with Gasteiger partial charge in [-0.25, -0.2) is 4.79 Å². The molecule has 0 radical (unpaired) electrons. The van der Waals surface area contributed by atoms with E-state index in [4.69, 9.17) is 26.5 Å². The van der Waals surface area contributed by atoms with Crippen LogP contribution in [0.2, 0.25) is 5.02 Å². The van der Waals surface area contributed by atoms with E-state index in [1.807, 2.05) is 13.8 Å². The molecular weight excluding hydrogens is 495 g/mol. The van der Waals surface area contributed by atoms with E-state index in [9.17, 15) is 18.0 Å². The smallest absolute Gasteiger partial charge is 0.432 e. The highest BCUT2D eigenvalue weighted by atomic mass is 35.5. The standard InChI is InChI=1S/C26H23ClF3N3O3/c1-15-13-32-22(16(2)24(15)35-3)14-36-25(34)18-10-8-17(9-11-18)21(12-23(31)26(28,29)30)33-20-7-5-4-6-19(20)27/h4-13,31,33H,14H2,1-3H3/b21-12-,31-23?. The Morgan fingerprint density at radius 2 is 1.75 bits per heavy atom. The Morgan fingerprint density at radius 1 is 1.11 bits per heavy atom. The van der Waals surface area contributed by atoms with Crippen molar-refractivity contribution in [3.8, 4) is 5.75 Å². The van der Waals surface area contributed by atoms with Crippen LogP contribution < -0.4 is 10.1 Å². The molecule has 0 bridgehead atoms. The van der Waals surface area contributed by atoms with Crippen molar-refractivity contribution in [3.05, 3.63) is 93.8 Å². The summed E-state index contributed by atoms with van der Waals surface area (Å²) in [7, 11) is 1.55. The van der Waals surface area contributed by atoms with Crippen molar-refractivity contribution in [2.24, 2.45) is 0 Å². The normalized spacial score (nSPS) is 11.7. The zero-order chi connectivity index (χ0) is 26.5. The minimum atomic E-state index is -4.83. The summed E-state index contributed by atoms with van der Waals surface area (Å²) in [6.45, 7) is 3.59. The van der Waals surface area contributed by atoms with E-state index in [0.717, 1.165) is 11.1 Å². The van der Waals surface area contributed by atoms with Crippen LogP contribution in [0.4, 0.5) is 18.9 Å². The number of hydrogen-bond acceptors (Lipinski definition) is 6. The van der Waals surface area contributed by atoms with Crippen LogP contribution in [0.5, 0.6) is 5.75 Å². The number of nitrogens with zero attached hydrogens (tertiary/aromatic N) is 1. The molecule has 1 aromatic heterocycles. The Hall–Kier alpha value is -3.85. The molecular formula is C26H23ClF3N3O3. The van der Waals surface area contributed by atoms with Crippen LogP contribution in [-0.2, 0) is 11.3 Å². The van der Waals surface area contributed by atoms with Gasteiger partial charge in [0.05, 0.1) is 29.1 Å². The number of para-hydroxylation sites is 1. The molecule has 188 valence electrons. The summed E-state index contributed by atoms with van der Waals surface area (Å²) in [4.78, 5) is 16.9. The lowest BCUT2D eigenvalue weighted by molar-refractivity contribution is -0.0583. The third-order valence-electron chi connectivity index (χ3n) is 5.26. The maximum Gasteiger partial charge on any atom is 0.432 e. The van der Waals surface area contributed by atoms with E-state index in [2.05, 4.69) is 10.3 Å². The molecule has 0 amide bonds. The summed E-state index contributed by atoms with van der Waals surface area (Å²) in [5.41, 5.74) is 1.46. The number of esters is 1. The number of aryl methyl sites for hydroxylation is 1. The van der Waals surface area contributed by atoms with Gasteiger partial charge in [-0.15, -0.1) is 0 Å². The molecule has 0 aliphatic carbocycles. The molecule has 36 heavy (non-hydrogen) atoms. The number of methoxy groups -OCH3 is 1. The topological polar surface area (TPSA) is 84.3 Å². The van der Waals surface area contributed by atoms with E-state index in [-0.39, 0.29) is 17.9 Å². The van der Waals surface area contributed by atoms with Crippen molar-refractivity contribution in [1.29, 1.82) is 5.41 Å². The number of carbonyl (C=O) groups excluding carboxylic acids is 1. The fourth-order valence-electron chi connectivity index (χ4n) is 3.35. The number of carbonyl (C=O) groups is 1. The number of halogens is 4. The summed E-state index contributed by atoms with van der Waals surface area (Å²) in [6, 6.07) is 12.3. The number of hydrogen-bond donors (Lipinski definition) is 2. The van der Waals surface area contributed by atoms with Crippen molar-refractivity contribution >= 4 is 34.7 Å². The van der Waals surface area contributed by atoms with Gasteiger partial charge in [0.1, 0.15) is 18.1 Å². The second kappa shape index (κ2) is 11.3. The van der Waals surface area contributed by atoms with Crippen molar-refractivity contribution < 1.29 is 27.4 Å². The average molecular weight is 518 g/mol. The number of anilines is 1. The zero-order valence-corrected chi connectivity index (χ0v) is 20.4. The predicted molar refractivity (Wildman–Crippen MR) is 133 cm³/mol. The number of pyridine rings is 1. The Labute approximate surface area is 211 Å². The van der Waals surface area contributed by atoms with Gasteiger partial charge in [-0.1, -0.05) is 35.9 Å². The minimum Gasteiger partial charge on any atom is -0.496 e. The van der Waals surface area contributed by atoms with Crippen LogP contribution in [0.3, 0.4) is 0 Å². The van der Waals surface area contributed by atoms with Gasteiger partial charge >= 0.3 is 12.1 Å². The molecule has 1 heterocycles. The number of ether oxygens (including phenoxy) is 2. The zero-order valence-electron chi connectivity index (χ0n) is 19.7. The van der Waals surface area contributed by atoms with E-state index in [0.29, 0.717) is 33.8 Å². The molecule has 0 fully saturated rings. The van der Waals surface area contributed by atoms with Crippen LogP contribution in [0, 0.1) is 19.3 Å². The molecule has 0 saturated heterocycles. The van der Waals surface area contributed by atoms with Gasteiger partial charge in [-0.3, -0.25) is 10.4 Å². The van der Waals surface area contributed by atoms with Gasteiger partial charge in [0.25, 0.3) is 0 Å². The Bertz CT molecular complexity index is 1310. The molecule has 0 aliphatic heterocycles. The molecule has 0 atom stereocenters. The number of nitrogens with one attached hydrogen (secondary N) is 2. The fourth-order valence-corrected chi connectivity index (χ4v) is 3.53. The lowest BCUT2D eigenvalue weighted by Gasteiger charge is -2.15. The highest BCUT2D eigenvalue weighted by molar-refractivity contribution is 6.33. The summed E-state index contributed by atoms with van der Waals surface area (Å²) in [5, 5.41) is 10.5. The maximum atomic E-state index is 13.0. The van der Waals surface area contributed by atoms with Crippen LogP contribution in [0.15, 0.2) is 60.8 Å². The largest absolute Gasteiger partial charge is 0.496 e. The molecule has 6 nitrogen and oxygen atoms in total. The van der Waals surface area contributed by atoms with Crippen LogP contribution in [-0.4, -0.2) is 30.0 Å². The van der Waals surface area contributed by atoms with Gasteiger partial charge in [-0.2, -0.15) is 13.2 Å². The van der Waals surface area contributed by atoms with Crippen molar-refractivity contribution in [3.63, 3.8) is 0 Å². The van der Waals surface area contributed by atoms with E-state index < -0.39 is 17.9 Å². The van der Waals surface area contributed by atoms with Gasteiger partial charge in [0.2, 0.25) is 0 Å². The van der Waals surface area contributed by atoms with Crippen molar-refractivity contribution in [2.45, 2.75) is 26.6 Å². The van der Waals surface area contributed by atoms with Crippen LogP contribution >= 0.6 is 11.6 Å². The average Bonchev–Trinajstić information content (AvgIpc) is 2.84. The quantitative estimate of drug-likeness (QED) is 0.255. The third kappa shape index (κ3) is 6.42. The second-order valence-corrected chi connectivity index (χ2v) is 8.18. The summed E-state index contributed by atoms with van der Waals surface area (Å²) >= 11 is 6.13. The molecule has 3 rings (SSSR count). The second-order valence-electron chi connectivity index (χ2n) is 7.77. The first-order chi connectivity index (χ1) is 17.0. The minimum absolute atomic E-state index is 0.0167. The molecule has 2 aromatic carbocycles. The Kier molecular flexibility index (Phi) is 8.37. The lowest BCUT2D eigenvalue weighted by Crippen LogP contribution is -2.20. The first-order valence-corrected chi connectivity index (χ1v) is 11.0. The predicted octanol–water partition coefficient (Wildman–Crippen LogP) is 6.75. The molecule has 0 unspecified atom stereocenters. The van der Waals surface area contributed by atoms with E-state index in [1.54, 1.807) is 37.6 Å². The molecule has 2 N–H and O–H groups in total. The van der Waals surface area contributed by atoms with Crippen molar-refractivity contribution in [1.82, 2.24) is 4.98 Å². The molecule has 0 aliphatic rings. The first-order valence-electron chi connectivity index (χ1n) is 10.7. The maximum absolute atomic E-state index is 13.0. The number of alkyl halides is 3. The first kappa shape index (κ1) is 26.7. The highest BCUT2D eigenvalue weighted by Gasteiger charge is 2.33. The highest BCUT2D eigenvalue weighted by Crippen LogP contribution is 2.28. The van der Waals surface area contributed by atoms with Gasteiger partial charge < -0.3 is 14.8 Å². The molecule has 10 heteroatoms. The number of allylic oxidation sites excluding steroid dienone is 1. The molecule has 0 saturated carbocycles. The summed E-state index contributed by atoms with van der Waals surface area (Å²) in [6.07, 6.45) is -2.54. The molecule has 0 spiro atoms. The SMILES string of the molecule is COc1c(C)cnc(COC(=O)c2ccc(/C(=C/C(=N)C(F)(F)F)Nc3ccccc3Cl)cc2)c1C. The Morgan fingerprint density at radius 3 is 2.36 bits per heavy atom.